The Morgan fingerprint density at radius 1 is 1.22 bits per heavy atom. The lowest BCUT2D eigenvalue weighted by Gasteiger charge is -2.35. The molecule has 1 atom stereocenters. The van der Waals surface area contributed by atoms with E-state index in [-0.39, 0.29) is 5.78 Å². The molecule has 1 saturated carbocycles. The highest BCUT2D eigenvalue weighted by molar-refractivity contribution is 8.32. The number of halogens is 3. The number of hydrogen-bond donors (Lipinski definition) is 0. The van der Waals surface area contributed by atoms with Gasteiger partial charge in [-0.25, -0.2) is 0 Å². The van der Waals surface area contributed by atoms with Gasteiger partial charge in [0.05, 0.1) is 0 Å². The fourth-order valence-electron chi connectivity index (χ4n) is 1.91. The average Bonchev–Trinajstić information content (AvgIpc) is 2.14. The highest BCUT2D eigenvalue weighted by Gasteiger charge is 2.56. The Balaban J connectivity index is 2.91. The lowest BCUT2D eigenvalue weighted by atomic mass is 9.99. The maximum absolute atomic E-state index is 12.3. The Labute approximate surface area is 106 Å². The van der Waals surface area contributed by atoms with Gasteiger partial charge in [0.25, 0.3) is 0 Å². The Bertz CT molecular complexity index is 428. The van der Waals surface area contributed by atoms with Crippen LogP contribution in [0.4, 0.5) is 13.2 Å². The van der Waals surface area contributed by atoms with Crippen molar-refractivity contribution in [1.29, 1.82) is 0 Å². The minimum Gasteiger partial charge on any atom is -0.298 e. The van der Waals surface area contributed by atoms with Gasteiger partial charge in [0.2, 0.25) is 0 Å². The van der Waals surface area contributed by atoms with Gasteiger partial charge in [0.1, 0.15) is 5.25 Å². The van der Waals surface area contributed by atoms with E-state index < -0.39 is 31.2 Å². The molecule has 1 aliphatic carbocycles. The molecule has 0 spiro atoms. The molecule has 108 valence electrons. The van der Waals surface area contributed by atoms with Gasteiger partial charge < -0.3 is 0 Å². The van der Waals surface area contributed by atoms with Gasteiger partial charge in [-0.05, 0) is 23.2 Å². The quantitative estimate of drug-likeness (QED) is 0.457. The Hall–Kier alpha value is -0.280. The molecule has 0 radical (unpaired) electrons. The van der Waals surface area contributed by atoms with Crippen molar-refractivity contribution in [2.24, 2.45) is 0 Å². The van der Waals surface area contributed by atoms with E-state index in [4.69, 9.17) is 0 Å². The average molecular weight is 309 g/mol. The highest BCUT2D eigenvalue weighted by atomic mass is 32.3. The smallest absolute Gasteiger partial charge is 0.298 e. The van der Waals surface area contributed by atoms with Crippen LogP contribution in [0.25, 0.3) is 0 Å². The molecule has 0 heterocycles. The maximum atomic E-state index is 12.3. The van der Waals surface area contributed by atoms with Crippen LogP contribution in [0, 0.1) is 0 Å². The number of hydrogen-bond acceptors (Lipinski definition) is 3. The predicted octanol–water partition coefficient (Wildman–Crippen LogP) is 2.42. The van der Waals surface area contributed by atoms with Gasteiger partial charge in [0, 0.05) is 18.9 Å². The van der Waals surface area contributed by atoms with Crippen LogP contribution >= 0.6 is 10.3 Å². The zero-order valence-corrected chi connectivity index (χ0v) is 11.7. The predicted molar refractivity (Wildman–Crippen MR) is 64.3 cm³/mol. The zero-order valence-electron chi connectivity index (χ0n) is 10.0. The first kappa shape index (κ1) is 15.8. The summed E-state index contributed by atoms with van der Waals surface area (Å²) in [5.41, 5.74) is -5.39. The van der Waals surface area contributed by atoms with Crippen LogP contribution in [0.5, 0.6) is 0 Å². The van der Waals surface area contributed by atoms with Gasteiger partial charge in [-0.1, -0.05) is 6.42 Å². The van der Waals surface area contributed by atoms with E-state index in [1.165, 1.54) is 12.5 Å². The molecule has 1 fully saturated rings. The monoisotopic (exact) mass is 309 g/mol. The van der Waals surface area contributed by atoms with Crippen LogP contribution < -0.4 is 0 Å². The maximum Gasteiger partial charge on any atom is 0.572 e. The van der Waals surface area contributed by atoms with Crippen LogP contribution in [0.2, 0.25) is 0 Å². The van der Waals surface area contributed by atoms with Crippen molar-refractivity contribution in [3.05, 3.63) is 0 Å². The second kappa shape index (κ2) is 5.01. The van der Waals surface area contributed by atoms with Gasteiger partial charge in [0.15, 0.2) is 5.78 Å². The molecular formula is C9H16F3O4S2+. The van der Waals surface area contributed by atoms with Gasteiger partial charge in [-0.2, -0.15) is 13.2 Å². The molecule has 4 nitrogen and oxygen atoms in total. The van der Waals surface area contributed by atoms with E-state index in [9.17, 15) is 26.4 Å². The van der Waals surface area contributed by atoms with Crippen molar-refractivity contribution in [1.82, 2.24) is 0 Å². The summed E-state index contributed by atoms with van der Waals surface area (Å²) >= 11 is 0. The number of Topliss-reactive ketones (excluding diaryl/α,β-unsaturated/α-hetero) is 1. The van der Waals surface area contributed by atoms with Crippen LogP contribution in [0.3, 0.4) is 0 Å². The van der Waals surface area contributed by atoms with E-state index in [0.29, 0.717) is 25.7 Å². The van der Waals surface area contributed by atoms with Crippen molar-refractivity contribution < 1.29 is 30.0 Å². The second-order valence-corrected chi connectivity index (χ2v) is 9.83. The molecule has 9 heteroatoms. The molecule has 0 aromatic carbocycles. The SMILES string of the molecule is CS(C)([OH+]S(=O)(=O)C(F)(F)F)C1CCCCC1=O. The molecule has 0 aliphatic heterocycles. The van der Waals surface area contributed by atoms with E-state index in [1.54, 1.807) is 0 Å². The topological polar surface area (TPSA) is 64.0 Å². The van der Waals surface area contributed by atoms with Crippen molar-refractivity contribution >= 4 is 26.2 Å². The number of rotatable bonds is 3. The number of alkyl halides is 3. The van der Waals surface area contributed by atoms with E-state index in [2.05, 4.69) is 3.63 Å². The first-order valence-electron chi connectivity index (χ1n) is 5.28. The summed E-state index contributed by atoms with van der Waals surface area (Å²) in [7, 11) is -8.02. The molecule has 0 aromatic heterocycles. The van der Waals surface area contributed by atoms with Crippen LogP contribution in [0.1, 0.15) is 25.7 Å². The second-order valence-electron chi connectivity index (χ2n) is 4.55. The Morgan fingerprint density at radius 2 is 1.78 bits per heavy atom. The van der Waals surface area contributed by atoms with E-state index in [1.807, 2.05) is 0 Å². The van der Waals surface area contributed by atoms with Crippen molar-refractivity contribution in [3.63, 3.8) is 0 Å². The molecule has 18 heavy (non-hydrogen) atoms. The first-order chi connectivity index (χ1) is 7.97. The molecule has 0 bridgehead atoms. The zero-order chi connectivity index (χ0) is 14.2. The van der Waals surface area contributed by atoms with Gasteiger partial charge in [-0.15, -0.1) is 8.42 Å². The minimum absolute atomic E-state index is 0.178. The van der Waals surface area contributed by atoms with Gasteiger partial charge in [-0.3, -0.25) is 8.42 Å². The number of carbonyl (C=O) groups excluding carboxylic acids is 1. The molecule has 1 unspecified atom stereocenters. The van der Waals surface area contributed by atoms with Crippen molar-refractivity contribution in [2.75, 3.05) is 12.5 Å². The van der Waals surface area contributed by atoms with Crippen LogP contribution in [-0.2, 0) is 14.9 Å². The third kappa shape index (κ3) is 3.39. The van der Waals surface area contributed by atoms with Crippen molar-refractivity contribution in [3.8, 4) is 0 Å². The molecular weight excluding hydrogens is 293 g/mol. The lowest BCUT2D eigenvalue weighted by molar-refractivity contribution is -0.119. The Morgan fingerprint density at radius 3 is 2.22 bits per heavy atom. The lowest BCUT2D eigenvalue weighted by Crippen LogP contribution is -2.37. The molecule has 1 rings (SSSR count). The van der Waals surface area contributed by atoms with Crippen molar-refractivity contribution in [2.45, 2.75) is 36.4 Å². The summed E-state index contributed by atoms with van der Waals surface area (Å²) in [6.45, 7) is 0. The summed E-state index contributed by atoms with van der Waals surface area (Å²) in [5, 5.41) is -0.677. The number of ketones is 1. The van der Waals surface area contributed by atoms with Gasteiger partial charge >= 0.3 is 15.6 Å². The summed E-state index contributed by atoms with van der Waals surface area (Å²) in [6.07, 6.45) is 4.81. The number of carbonyl (C=O) groups is 1. The summed E-state index contributed by atoms with van der Waals surface area (Å²) in [6, 6.07) is 0. The third-order valence-electron chi connectivity index (χ3n) is 2.78. The normalized spacial score (nSPS) is 24.1. The van der Waals surface area contributed by atoms with E-state index in [0.717, 1.165) is 0 Å². The molecule has 0 aromatic rings. The molecule has 0 amide bonds. The molecule has 1 N–H and O–H groups in total. The van der Waals surface area contributed by atoms with E-state index >= 15 is 0 Å². The summed E-state index contributed by atoms with van der Waals surface area (Å²) < 4.78 is 61.9. The third-order valence-corrected chi connectivity index (χ3v) is 7.58. The first-order valence-corrected chi connectivity index (χ1v) is 9.19. The standard InChI is InChI=1S/C9H15F3O4S2/c1-17(2,8-6-4-3-5-7(8)13)16-18(14,15)9(10,11)12/h8H,3-6H2,1-2H3/p+1. The minimum atomic E-state index is -5.52. The molecule has 0 saturated heterocycles. The fourth-order valence-corrected chi connectivity index (χ4v) is 6.19. The van der Waals surface area contributed by atoms with Crippen LogP contribution in [-0.4, -0.2) is 41.1 Å². The fraction of sp³-hybridized carbons (Fsp3) is 0.889. The Kier molecular flexibility index (Phi) is 4.39. The van der Waals surface area contributed by atoms with Crippen LogP contribution in [0.15, 0.2) is 0 Å². The highest BCUT2D eigenvalue weighted by Crippen LogP contribution is 2.51. The summed E-state index contributed by atoms with van der Waals surface area (Å²) in [4.78, 5) is 11.7. The molecule has 1 aliphatic rings. The summed E-state index contributed by atoms with van der Waals surface area (Å²) in [5.74, 6) is -0.178. The largest absolute Gasteiger partial charge is 0.572 e.